The topological polar surface area (TPSA) is 32.3 Å². The van der Waals surface area contributed by atoms with Gasteiger partial charge in [-0.2, -0.15) is 0 Å². The average molecular weight is 238 g/mol. The van der Waals surface area contributed by atoms with Crippen molar-refractivity contribution in [2.75, 3.05) is 19.6 Å². The highest BCUT2D eigenvalue weighted by atomic mass is 16.2. The Morgan fingerprint density at radius 3 is 2.88 bits per heavy atom. The average Bonchev–Trinajstić information content (AvgIpc) is 2.85. The zero-order valence-electron chi connectivity index (χ0n) is 11.2. The number of rotatable bonds is 3. The molecule has 2 heterocycles. The van der Waals surface area contributed by atoms with Crippen molar-refractivity contribution in [1.29, 1.82) is 0 Å². The first-order valence-electron chi connectivity index (χ1n) is 7.25. The Bertz CT molecular complexity index is 261. The molecule has 3 nitrogen and oxygen atoms in total. The van der Waals surface area contributed by atoms with Crippen molar-refractivity contribution in [1.82, 2.24) is 10.2 Å². The molecule has 0 aromatic rings. The molecule has 2 rings (SSSR count). The van der Waals surface area contributed by atoms with E-state index in [1.54, 1.807) is 0 Å². The van der Waals surface area contributed by atoms with Crippen molar-refractivity contribution in [2.24, 2.45) is 11.8 Å². The van der Waals surface area contributed by atoms with Gasteiger partial charge in [-0.3, -0.25) is 4.79 Å². The van der Waals surface area contributed by atoms with Crippen LogP contribution in [0.3, 0.4) is 0 Å². The standard InChI is InChI=1S/C14H26N2O/c1-3-5-13-11(2)6-4-9-16(13)14(17)12-7-8-15-10-12/h11-13,15H,3-10H2,1-2H3/t11-,12-,13+/m0/s1. The van der Waals surface area contributed by atoms with Gasteiger partial charge in [-0.15, -0.1) is 0 Å². The van der Waals surface area contributed by atoms with Crippen molar-refractivity contribution < 1.29 is 4.79 Å². The van der Waals surface area contributed by atoms with E-state index in [-0.39, 0.29) is 5.92 Å². The van der Waals surface area contributed by atoms with Crippen LogP contribution in [0.15, 0.2) is 0 Å². The first-order valence-corrected chi connectivity index (χ1v) is 7.25. The fourth-order valence-electron chi connectivity index (χ4n) is 3.36. The monoisotopic (exact) mass is 238 g/mol. The molecular formula is C14H26N2O. The van der Waals surface area contributed by atoms with Gasteiger partial charge in [0, 0.05) is 19.1 Å². The summed E-state index contributed by atoms with van der Waals surface area (Å²) < 4.78 is 0. The third kappa shape index (κ3) is 2.82. The summed E-state index contributed by atoms with van der Waals surface area (Å²) in [7, 11) is 0. The Morgan fingerprint density at radius 2 is 2.24 bits per heavy atom. The minimum absolute atomic E-state index is 0.250. The second kappa shape index (κ2) is 5.85. The number of nitrogens with zero attached hydrogens (tertiary/aromatic N) is 1. The Kier molecular flexibility index (Phi) is 4.43. The molecule has 0 bridgehead atoms. The van der Waals surface area contributed by atoms with Crippen molar-refractivity contribution in [3.63, 3.8) is 0 Å². The summed E-state index contributed by atoms with van der Waals surface area (Å²) in [6.07, 6.45) is 5.86. The van der Waals surface area contributed by atoms with Gasteiger partial charge in [-0.05, 0) is 38.1 Å². The summed E-state index contributed by atoms with van der Waals surface area (Å²) in [5, 5.41) is 3.30. The third-order valence-corrected chi connectivity index (χ3v) is 4.39. The number of carbonyl (C=O) groups is 1. The van der Waals surface area contributed by atoms with E-state index >= 15 is 0 Å². The molecule has 17 heavy (non-hydrogen) atoms. The first-order chi connectivity index (χ1) is 8.24. The van der Waals surface area contributed by atoms with Gasteiger partial charge in [0.05, 0.1) is 5.92 Å². The van der Waals surface area contributed by atoms with Gasteiger partial charge >= 0.3 is 0 Å². The van der Waals surface area contributed by atoms with Crippen molar-refractivity contribution >= 4 is 5.91 Å². The van der Waals surface area contributed by atoms with Crippen LogP contribution in [0, 0.1) is 11.8 Å². The van der Waals surface area contributed by atoms with Gasteiger partial charge in [0.25, 0.3) is 0 Å². The van der Waals surface area contributed by atoms with Gasteiger partial charge in [-0.25, -0.2) is 0 Å². The number of amides is 1. The third-order valence-electron chi connectivity index (χ3n) is 4.39. The molecule has 98 valence electrons. The smallest absolute Gasteiger partial charge is 0.227 e. The number of nitrogens with one attached hydrogen (secondary N) is 1. The number of piperidine rings is 1. The maximum Gasteiger partial charge on any atom is 0.227 e. The lowest BCUT2D eigenvalue weighted by atomic mass is 9.87. The SMILES string of the molecule is CCC[C@@H]1[C@@H](C)CCCN1C(=O)[C@H]1CCNC1. The van der Waals surface area contributed by atoms with E-state index in [0.717, 1.165) is 26.1 Å². The van der Waals surface area contributed by atoms with Crippen LogP contribution in [-0.2, 0) is 4.79 Å². The highest BCUT2D eigenvalue weighted by molar-refractivity contribution is 5.79. The van der Waals surface area contributed by atoms with E-state index in [1.165, 1.54) is 25.7 Å². The molecule has 2 aliphatic heterocycles. The first kappa shape index (κ1) is 12.9. The van der Waals surface area contributed by atoms with Crippen LogP contribution >= 0.6 is 0 Å². The van der Waals surface area contributed by atoms with Crippen LogP contribution in [-0.4, -0.2) is 36.5 Å². The maximum atomic E-state index is 12.5. The van der Waals surface area contributed by atoms with Gasteiger partial charge in [0.1, 0.15) is 0 Å². The Hall–Kier alpha value is -0.570. The van der Waals surface area contributed by atoms with E-state index in [0.29, 0.717) is 17.9 Å². The van der Waals surface area contributed by atoms with Gasteiger partial charge in [0.15, 0.2) is 0 Å². The van der Waals surface area contributed by atoms with Crippen LogP contribution < -0.4 is 5.32 Å². The quantitative estimate of drug-likeness (QED) is 0.816. The highest BCUT2D eigenvalue weighted by Gasteiger charge is 2.35. The van der Waals surface area contributed by atoms with E-state index in [4.69, 9.17) is 0 Å². The number of hydrogen-bond acceptors (Lipinski definition) is 2. The molecule has 3 heteroatoms. The van der Waals surface area contributed by atoms with Crippen LogP contribution in [0.25, 0.3) is 0 Å². The maximum absolute atomic E-state index is 12.5. The minimum Gasteiger partial charge on any atom is -0.339 e. The lowest BCUT2D eigenvalue weighted by molar-refractivity contribution is -0.140. The molecule has 3 atom stereocenters. The van der Waals surface area contributed by atoms with Crippen LogP contribution in [0.5, 0.6) is 0 Å². The normalized spacial score (nSPS) is 34.0. The predicted octanol–water partition coefficient (Wildman–Crippen LogP) is 2.02. The van der Waals surface area contributed by atoms with E-state index in [9.17, 15) is 4.79 Å². The van der Waals surface area contributed by atoms with E-state index in [2.05, 4.69) is 24.1 Å². The lowest BCUT2D eigenvalue weighted by Crippen LogP contribution is -2.50. The second-order valence-corrected chi connectivity index (χ2v) is 5.70. The molecule has 2 fully saturated rings. The molecule has 1 N–H and O–H groups in total. The van der Waals surface area contributed by atoms with Crippen LogP contribution in [0.4, 0.5) is 0 Å². The molecule has 1 amide bonds. The largest absolute Gasteiger partial charge is 0.339 e. The zero-order valence-corrected chi connectivity index (χ0v) is 11.2. The number of carbonyl (C=O) groups excluding carboxylic acids is 1. The molecule has 0 aromatic heterocycles. The number of likely N-dealkylation sites (tertiary alicyclic amines) is 1. The van der Waals surface area contributed by atoms with Crippen molar-refractivity contribution in [3.8, 4) is 0 Å². The zero-order chi connectivity index (χ0) is 12.3. The molecule has 0 radical (unpaired) electrons. The summed E-state index contributed by atoms with van der Waals surface area (Å²) in [6.45, 7) is 7.43. The fraction of sp³-hybridized carbons (Fsp3) is 0.929. The molecule has 0 saturated carbocycles. The molecule has 2 saturated heterocycles. The second-order valence-electron chi connectivity index (χ2n) is 5.70. The molecule has 0 unspecified atom stereocenters. The lowest BCUT2D eigenvalue weighted by Gasteiger charge is -2.41. The molecule has 2 aliphatic rings. The molecule has 0 spiro atoms. The van der Waals surface area contributed by atoms with Gasteiger partial charge < -0.3 is 10.2 Å². The molecular weight excluding hydrogens is 212 g/mol. The Labute approximate surface area is 105 Å². The van der Waals surface area contributed by atoms with Crippen LogP contribution in [0.1, 0.15) is 46.0 Å². The van der Waals surface area contributed by atoms with Crippen LogP contribution in [0.2, 0.25) is 0 Å². The van der Waals surface area contributed by atoms with Gasteiger partial charge in [-0.1, -0.05) is 20.3 Å². The summed E-state index contributed by atoms with van der Waals surface area (Å²) >= 11 is 0. The van der Waals surface area contributed by atoms with E-state index < -0.39 is 0 Å². The minimum atomic E-state index is 0.250. The summed E-state index contributed by atoms with van der Waals surface area (Å²) in [5.74, 6) is 1.35. The van der Waals surface area contributed by atoms with E-state index in [1.807, 2.05) is 0 Å². The van der Waals surface area contributed by atoms with Crippen molar-refractivity contribution in [2.45, 2.75) is 52.0 Å². The Balaban J connectivity index is 2.02. The highest BCUT2D eigenvalue weighted by Crippen LogP contribution is 2.28. The number of hydrogen-bond donors (Lipinski definition) is 1. The summed E-state index contributed by atoms with van der Waals surface area (Å²) in [5.41, 5.74) is 0. The van der Waals surface area contributed by atoms with Crippen molar-refractivity contribution in [3.05, 3.63) is 0 Å². The molecule has 0 aliphatic carbocycles. The Morgan fingerprint density at radius 1 is 1.41 bits per heavy atom. The predicted molar refractivity (Wildman–Crippen MR) is 69.8 cm³/mol. The van der Waals surface area contributed by atoms with Gasteiger partial charge in [0.2, 0.25) is 5.91 Å². The summed E-state index contributed by atoms with van der Waals surface area (Å²) in [4.78, 5) is 14.7. The summed E-state index contributed by atoms with van der Waals surface area (Å²) in [6, 6.07) is 0.502. The fourth-order valence-corrected chi connectivity index (χ4v) is 3.36. The molecule has 0 aromatic carbocycles.